The van der Waals surface area contributed by atoms with Gasteiger partial charge in [-0.25, -0.2) is 4.79 Å². The van der Waals surface area contributed by atoms with Crippen molar-refractivity contribution in [3.63, 3.8) is 0 Å². The van der Waals surface area contributed by atoms with Crippen LogP contribution in [0.25, 0.3) is 21.9 Å². The molecule has 5 aromatic rings. The molecule has 0 aliphatic rings. The van der Waals surface area contributed by atoms with Crippen LogP contribution in [0.3, 0.4) is 0 Å². The lowest BCUT2D eigenvalue weighted by Crippen LogP contribution is -2.42. The molecule has 0 saturated carbocycles. The molecule has 5 rings (SSSR count). The van der Waals surface area contributed by atoms with Crippen molar-refractivity contribution in [2.45, 2.75) is 33.4 Å². The molecule has 2 aromatic heterocycles. The molecule has 1 amide bonds. The van der Waals surface area contributed by atoms with E-state index in [2.05, 4.69) is 5.32 Å². The number of amides is 1. The van der Waals surface area contributed by atoms with Gasteiger partial charge in [-0.1, -0.05) is 67.1 Å². The number of hydrogen-bond donors (Lipinski definition) is 1. The fourth-order valence-corrected chi connectivity index (χ4v) is 4.85. The number of anilines is 1. The number of carbonyl (C=O) groups excluding carboxylic acids is 1. The second kappa shape index (κ2) is 9.34. The highest BCUT2D eigenvalue weighted by molar-refractivity contribution is 6.06. The largest absolute Gasteiger partial charge is 0.338 e. The Morgan fingerprint density at radius 2 is 1.61 bits per heavy atom. The van der Waals surface area contributed by atoms with Crippen molar-refractivity contribution in [3.05, 3.63) is 110 Å². The molecule has 0 spiro atoms. The molecule has 2 heterocycles. The van der Waals surface area contributed by atoms with Crippen LogP contribution in [-0.2, 0) is 31.4 Å². The molecule has 1 N–H and O–H groups in total. The molecule has 0 aliphatic heterocycles. The molecule has 7 heteroatoms. The fraction of sp³-hybridized carbons (Fsp3) is 0.207. The zero-order valence-corrected chi connectivity index (χ0v) is 20.6. The molecule has 0 bridgehead atoms. The van der Waals surface area contributed by atoms with Crippen LogP contribution in [0, 0.1) is 6.92 Å². The molecule has 0 fully saturated rings. The Kier molecular flexibility index (Phi) is 6.06. The first kappa shape index (κ1) is 23.4. The second-order valence-electron chi connectivity index (χ2n) is 9.08. The number of aryl methyl sites for hydroxylation is 3. The Morgan fingerprint density at radius 3 is 2.36 bits per heavy atom. The van der Waals surface area contributed by atoms with E-state index in [-0.39, 0.29) is 24.6 Å². The molecule has 0 saturated heterocycles. The van der Waals surface area contributed by atoms with Crippen LogP contribution in [0.4, 0.5) is 5.69 Å². The zero-order valence-electron chi connectivity index (χ0n) is 20.6. The third-order valence-electron chi connectivity index (χ3n) is 6.67. The van der Waals surface area contributed by atoms with Gasteiger partial charge in [-0.3, -0.25) is 18.7 Å². The molecule has 0 radical (unpaired) electrons. The van der Waals surface area contributed by atoms with E-state index in [0.717, 1.165) is 39.7 Å². The summed E-state index contributed by atoms with van der Waals surface area (Å²) in [5.74, 6) is -0.325. The number of fused-ring (bicyclic) bond motifs is 3. The first-order valence-electron chi connectivity index (χ1n) is 12.0. The molecule has 0 unspecified atom stereocenters. The number of aromatic nitrogens is 3. The van der Waals surface area contributed by atoms with E-state index in [1.807, 2.05) is 98.3 Å². The van der Waals surface area contributed by atoms with Crippen LogP contribution in [0.5, 0.6) is 0 Å². The van der Waals surface area contributed by atoms with Crippen molar-refractivity contribution >= 4 is 33.5 Å². The number of carbonyl (C=O) groups is 1. The molecular weight excluding hydrogens is 452 g/mol. The second-order valence-corrected chi connectivity index (χ2v) is 9.08. The fourth-order valence-electron chi connectivity index (χ4n) is 4.85. The number of rotatable bonds is 6. The third-order valence-corrected chi connectivity index (χ3v) is 6.67. The number of nitrogens with zero attached hydrogens (tertiary/aromatic N) is 3. The van der Waals surface area contributed by atoms with Crippen molar-refractivity contribution in [2.24, 2.45) is 7.05 Å². The lowest BCUT2D eigenvalue weighted by Gasteiger charge is -2.14. The average Bonchev–Trinajstić information content (AvgIpc) is 3.16. The van der Waals surface area contributed by atoms with E-state index in [0.29, 0.717) is 11.0 Å². The van der Waals surface area contributed by atoms with Gasteiger partial charge in [-0.2, -0.15) is 0 Å². The molecule has 36 heavy (non-hydrogen) atoms. The highest BCUT2D eigenvalue weighted by Crippen LogP contribution is 2.26. The van der Waals surface area contributed by atoms with Crippen LogP contribution in [0.1, 0.15) is 23.6 Å². The van der Waals surface area contributed by atoms with Gasteiger partial charge >= 0.3 is 5.69 Å². The Bertz CT molecular complexity index is 1730. The summed E-state index contributed by atoms with van der Waals surface area (Å²) in [5.41, 5.74) is 4.39. The normalized spacial score (nSPS) is 11.3. The minimum atomic E-state index is -0.510. The summed E-state index contributed by atoms with van der Waals surface area (Å²) in [6.07, 6.45) is 0.769. The minimum Gasteiger partial charge on any atom is -0.338 e. The van der Waals surface area contributed by atoms with E-state index in [1.165, 1.54) is 9.13 Å². The maximum absolute atomic E-state index is 13.8. The lowest BCUT2D eigenvalue weighted by atomic mass is 10.1. The summed E-state index contributed by atoms with van der Waals surface area (Å²) in [6, 6.07) is 22.9. The molecule has 3 aromatic carbocycles. The van der Waals surface area contributed by atoms with Crippen LogP contribution in [0.15, 0.2) is 82.4 Å². The quantitative estimate of drug-likeness (QED) is 0.395. The summed E-state index contributed by atoms with van der Waals surface area (Å²) >= 11 is 0. The van der Waals surface area contributed by atoms with Crippen molar-refractivity contribution in [1.29, 1.82) is 0 Å². The maximum Gasteiger partial charge on any atom is 0.332 e. The van der Waals surface area contributed by atoms with Crippen molar-refractivity contribution in [3.8, 4) is 0 Å². The van der Waals surface area contributed by atoms with E-state index >= 15 is 0 Å². The summed E-state index contributed by atoms with van der Waals surface area (Å²) in [6.45, 7) is 3.90. The zero-order chi connectivity index (χ0) is 25.4. The number of nitrogens with one attached hydrogen (secondary N) is 1. The van der Waals surface area contributed by atoms with Gasteiger partial charge in [0.2, 0.25) is 5.91 Å². The number of hydrogen-bond acceptors (Lipinski definition) is 3. The van der Waals surface area contributed by atoms with Gasteiger partial charge in [-0.15, -0.1) is 0 Å². The third kappa shape index (κ3) is 4.02. The Labute approximate surface area is 208 Å². The van der Waals surface area contributed by atoms with Gasteiger partial charge in [0.15, 0.2) is 0 Å². The van der Waals surface area contributed by atoms with Gasteiger partial charge in [0.1, 0.15) is 12.1 Å². The molecule has 0 atom stereocenters. The first-order valence-corrected chi connectivity index (χ1v) is 12.0. The Morgan fingerprint density at radius 1 is 0.889 bits per heavy atom. The standard InChI is InChI=1S/C29H28N4O3/c1-4-21-12-8-9-13-23(21)30-25(34)18-32-26-22-16-19(2)14-15-24(22)31(3)27(26)28(35)33(29(32)36)17-20-10-6-5-7-11-20/h5-16H,4,17-18H2,1-3H3,(H,30,34). The predicted molar refractivity (Wildman–Crippen MR) is 144 cm³/mol. The number of benzene rings is 3. The SMILES string of the molecule is CCc1ccccc1NC(=O)Cn1c(=O)n(Cc2ccccc2)c(=O)c2c1c1cc(C)ccc1n2C. The molecule has 0 aliphatic carbocycles. The monoisotopic (exact) mass is 480 g/mol. The summed E-state index contributed by atoms with van der Waals surface area (Å²) in [5, 5.41) is 3.73. The summed E-state index contributed by atoms with van der Waals surface area (Å²) < 4.78 is 4.47. The topological polar surface area (TPSA) is 78.0 Å². The van der Waals surface area contributed by atoms with E-state index < -0.39 is 5.69 Å². The van der Waals surface area contributed by atoms with Crippen molar-refractivity contribution in [1.82, 2.24) is 13.7 Å². The summed E-state index contributed by atoms with van der Waals surface area (Å²) in [7, 11) is 1.82. The Hall–Kier alpha value is -4.39. The highest BCUT2D eigenvalue weighted by atomic mass is 16.2. The van der Waals surface area contributed by atoms with Gasteiger partial charge in [0.25, 0.3) is 5.56 Å². The predicted octanol–water partition coefficient (Wildman–Crippen LogP) is 4.21. The first-order chi connectivity index (χ1) is 17.4. The summed E-state index contributed by atoms with van der Waals surface area (Å²) in [4.78, 5) is 40.7. The average molecular weight is 481 g/mol. The van der Waals surface area contributed by atoms with E-state index in [9.17, 15) is 14.4 Å². The van der Waals surface area contributed by atoms with Crippen molar-refractivity contribution < 1.29 is 4.79 Å². The van der Waals surface area contributed by atoms with Crippen LogP contribution < -0.4 is 16.6 Å². The van der Waals surface area contributed by atoms with E-state index in [4.69, 9.17) is 0 Å². The lowest BCUT2D eigenvalue weighted by molar-refractivity contribution is -0.116. The Balaban J connectivity index is 1.71. The molecule has 182 valence electrons. The van der Waals surface area contributed by atoms with Gasteiger partial charge in [0, 0.05) is 18.1 Å². The van der Waals surface area contributed by atoms with Gasteiger partial charge < -0.3 is 9.88 Å². The van der Waals surface area contributed by atoms with Crippen molar-refractivity contribution in [2.75, 3.05) is 5.32 Å². The van der Waals surface area contributed by atoms with Gasteiger partial charge in [-0.05, 0) is 42.7 Å². The minimum absolute atomic E-state index is 0.120. The van der Waals surface area contributed by atoms with E-state index in [1.54, 1.807) is 0 Å². The van der Waals surface area contributed by atoms with Crippen LogP contribution in [-0.4, -0.2) is 19.6 Å². The molecular formula is C29H28N4O3. The van der Waals surface area contributed by atoms with Crippen LogP contribution >= 0.6 is 0 Å². The number of para-hydroxylation sites is 1. The maximum atomic E-state index is 13.8. The van der Waals surface area contributed by atoms with Gasteiger partial charge in [0.05, 0.1) is 17.6 Å². The highest BCUT2D eigenvalue weighted by Gasteiger charge is 2.22. The molecule has 7 nitrogen and oxygen atoms in total. The van der Waals surface area contributed by atoms with Crippen LogP contribution in [0.2, 0.25) is 0 Å². The smallest absolute Gasteiger partial charge is 0.332 e.